The Morgan fingerprint density at radius 3 is 2.37 bits per heavy atom. The van der Waals surface area contributed by atoms with Gasteiger partial charge < -0.3 is 0 Å². The molecule has 2 N–H and O–H groups in total. The number of carbonyl (C=O) groups is 1. The Bertz CT molecular complexity index is 583. The van der Waals surface area contributed by atoms with Gasteiger partial charge in [0.05, 0.1) is 6.20 Å². The molecule has 0 aliphatic rings. The van der Waals surface area contributed by atoms with Crippen molar-refractivity contribution in [2.24, 2.45) is 0 Å². The van der Waals surface area contributed by atoms with Crippen molar-refractivity contribution in [3.8, 4) is 0 Å². The lowest BCUT2D eigenvalue weighted by Gasteiger charge is -1.95. The minimum atomic E-state index is -0.152. The topological polar surface area (TPSA) is 43.2 Å². The van der Waals surface area contributed by atoms with Crippen LogP contribution in [-0.2, 0) is 4.79 Å². The van der Waals surface area contributed by atoms with Crippen molar-refractivity contribution in [3.63, 3.8) is 0 Å². The number of aromatic amines is 1. The Labute approximate surface area is 113 Å². The van der Waals surface area contributed by atoms with E-state index in [2.05, 4.69) is 10.3 Å². The standard InChI is InChI=1S/C16H16N2O/c1-12-3-6-14(7-4-12)8-10-16(19)18-15-9-5-13(2)11-17-15/h3-11H,1-2H3,(H,17,18,19)/p+1. The van der Waals surface area contributed by atoms with Crippen LogP contribution in [0.1, 0.15) is 16.7 Å². The summed E-state index contributed by atoms with van der Waals surface area (Å²) >= 11 is 0. The molecule has 1 amide bonds. The van der Waals surface area contributed by atoms with E-state index in [0.29, 0.717) is 5.82 Å². The summed E-state index contributed by atoms with van der Waals surface area (Å²) in [5.74, 6) is 0.532. The first-order valence-corrected chi connectivity index (χ1v) is 6.17. The highest BCUT2D eigenvalue weighted by Crippen LogP contribution is 2.05. The third-order valence-electron chi connectivity index (χ3n) is 2.73. The number of nitrogens with one attached hydrogen (secondary N) is 2. The first-order chi connectivity index (χ1) is 9.13. The predicted molar refractivity (Wildman–Crippen MR) is 76.6 cm³/mol. The van der Waals surface area contributed by atoms with Gasteiger partial charge in [0.25, 0.3) is 5.82 Å². The normalized spacial score (nSPS) is 10.6. The fourth-order valence-corrected chi connectivity index (χ4v) is 1.60. The van der Waals surface area contributed by atoms with Crippen LogP contribution in [0.25, 0.3) is 6.08 Å². The molecule has 0 saturated heterocycles. The third-order valence-corrected chi connectivity index (χ3v) is 2.73. The Balaban J connectivity index is 1.97. The molecule has 0 atom stereocenters. The van der Waals surface area contributed by atoms with E-state index < -0.39 is 0 Å². The average molecular weight is 253 g/mol. The van der Waals surface area contributed by atoms with E-state index in [0.717, 1.165) is 11.1 Å². The highest BCUT2D eigenvalue weighted by Gasteiger charge is 2.05. The maximum absolute atomic E-state index is 11.7. The van der Waals surface area contributed by atoms with Gasteiger partial charge in [-0.15, -0.1) is 0 Å². The minimum absolute atomic E-state index is 0.152. The van der Waals surface area contributed by atoms with Crippen LogP contribution in [0.5, 0.6) is 0 Å². The summed E-state index contributed by atoms with van der Waals surface area (Å²) in [7, 11) is 0. The van der Waals surface area contributed by atoms with Gasteiger partial charge in [-0.05, 0) is 37.1 Å². The van der Waals surface area contributed by atoms with Crippen molar-refractivity contribution in [1.82, 2.24) is 0 Å². The van der Waals surface area contributed by atoms with Gasteiger partial charge in [-0.1, -0.05) is 29.8 Å². The number of H-pyrrole nitrogens is 1. The molecule has 0 aliphatic carbocycles. The zero-order valence-corrected chi connectivity index (χ0v) is 11.1. The van der Waals surface area contributed by atoms with E-state index in [-0.39, 0.29) is 5.91 Å². The number of amides is 1. The lowest BCUT2D eigenvalue weighted by Crippen LogP contribution is -2.17. The maximum atomic E-state index is 11.7. The maximum Gasteiger partial charge on any atom is 0.331 e. The molecule has 2 aromatic rings. The number of hydrogen-bond donors (Lipinski definition) is 1. The van der Waals surface area contributed by atoms with E-state index in [1.807, 2.05) is 56.4 Å². The molecule has 96 valence electrons. The van der Waals surface area contributed by atoms with Crippen LogP contribution in [0, 0.1) is 13.8 Å². The Morgan fingerprint density at radius 1 is 1.05 bits per heavy atom. The van der Waals surface area contributed by atoms with Gasteiger partial charge >= 0.3 is 5.91 Å². The molecule has 0 saturated carbocycles. The minimum Gasteiger partial charge on any atom is -0.247 e. The second-order valence-electron chi connectivity index (χ2n) is 4.51. The number of carbonyl (C=O) groups excluding carboxylic acids is 1. The lowest BCUT2D eigenvalue weighted by atomic mass is 10.1. The predicted octanol–water partition coefficient (Wildman–Crippen LogP) is 2.77. The number of pyridine rings is 1. The second-order valence-corrected chi connectivity index (χ2v) is 4.51. The highest BCUT2D eigenvalue weighted by atomic mass is 16.1. The lowest BCUT2D eigenvalue weighted by molar-refractivity contribution is -0.361. The summed E-state index contributed by atoms with van der Waals surface area (Å²) in [6.07, 6.45) is 5.17. The summed E-state index contributed by atoms with van der Waals surface area (Å²) in [6, 6.07) is 11.8. The van der Waals surface area contributed by atoms with Crippen LogP contribution in [0.2, 0.25) is 0 Å². The highest BCUT2D eigenvalue weighted by molar-refractivity contribution is 6.00. The number of anilines is 1. The molecule has 1 aromatic heterocycles. The number of aromatic nitrogens is 1. The summed E-state index contributed by atoms with van der Waals surface area (Å²) in [5, 5.41) is 2.77. The first-order valence-electron chi connectivity index (χ1n) is 6.17. The third kappa shape index (κ3) is 4.07. The van der Waals surface area contributed by atoms with E-state index in [1.165, 1.54) is 11.6 Å². The largest absolute Gasteiger partial charge is 0.331 e. The van der Waals surface area contributed by atoms with E-state index >= 15 is 0 Å². The van der Waals surface area contributed by atoms with Gasteiger partial charge in [-0.2, -0.15) is 0 Å². The van der Waals surface area contributed by atoms with Gasteiger partial charge in [-0.25, -0.2) is 15.1 Å². The van der Waals surface area contributed by atoms with Crippen LogP contribution in [0.15, 0.2) is 48.7 Å². The van der Waals surface area contributed by atoms with Crippen LogP contribution in [-0.4, -0.2) is 5.91 Å². The Kier molecular flexibility index (Phi) is 4.08. The molecule has 0 radical (unpaired) electrons. The van der Waals surface area contributed by atoms with Gasteiger partial charge in [0.15, 0.2) is 0 Å². The van der Waals surface area contributed by atoms with Crippen molar-refractivity contribution in [2.45, 2.75) is 13.8 Å². The molecule has 1 heterocycles. The van der Waals surface area contributed by atoms with Gasteiger partial charge in [0.2, 0.25) is 0 Å². The van der Waals surface area contributed by atoms with Gasteiger partial charge in [-0.3, -0.25) is 0 Å². The van der Waals surface area contributed by atoms with Crippen LogP contribution in [0.3, 0.4) is 0 Å². The molecule has 2 rings (SSSR count). The number of aryl methyl sites for hydroxylation is 2. The van der Waals surface area contributed by atoms with E-state index in [9.17, 15) is 4.79 Å². The Hall–Kier alpha value is -2.42. The molecule has 0 spiro atoms. The van der Waals surface area contributed by atoms with Crippen LogP contribution >= 0.6 is 0 Å². The van der Waals surface area contributed by atoms with E-state index in [1.54, 1.807) is 6.08 Å². The average Bonchev–Trinajstić information content (AvgIpc) is 2.41. The molecule has 0 bridgehead atoms. The van der Waals surface area contributed by atoms with Crippen molar-refractivity contribution in [3.05, 3.63) is 65.4 Å². The van der Waals surface area contributed by atoms with Crippen molar-refractivity contribution < 1.29 is 9.78 Å². The molecular weight excluding hydrogens is 236 g/mol. The zero-order chi connectivity index (χ0) is 13.7. The first kappa shape index (κ1) is 13.0. The van der Waals surface area contributed by atoms with Crippen molar-refractivity contribution in [1.29, 1.82) is 0 Å². The molecule has 1 aromatic carbocycles. The number of hydrogen-bond acceptors (Lipinski definition) is 1. The van der Waals surface area contributed by atoms with Gasteiger partial charge in [0.1, 0.15) is 0 Å². The molecule has 0 fully saturated rings. The summed E-state index contributed by atoms with van der Waals surface area (Å²) in [6.45, 7) is 4.02. The molecule has 3 nitrogen and oxygen atoms in total. The number of benzene rings is 1. The fraction of sp³-hybridized carbons (Fsp3) is 0.125. The van der Waals surface area contributed by atoms with Crippen molar-refractivity contribution in [2.75, 3.05) is 5.32 Å². The molecule has 3 heteroatoms. The molecule has 0 aliphatic heterocycles. The summed E-state index contributed by atoms with van der Waals surface area (Å²) in [5.41, 5.74) is 3.33. The SMILES string of the molecule is Cc1ccc(C=CC(=O)Nc2ccc(C)c[nH+]2)cc1. The fourth-order valence-electron chi connectivity index (χ4n) is 1.60. The molecular formula is C16H17N2O+. The van der Waals surface area contributed by atoms with Crippen LogP contribution < -0.4 is 10.3 Å². The second kappa shape index (κ2) is 5.96. The summed E-state index contributed by atoms with van der Waals surface area (Å²) < 4.78 is 0. The molecule has 0 unspecified atom stereocenters. The number of rotatable bonds is 3. The molecule has 19 heavy (non-hydrogen) atoms. The summed E-state index contributed by atoms with van der Waals surface area (Å²) in [4.78, 5) is 14.7. The van der Waals surface area contributed by atoms with Crippen LogP contribution in [0.4, 0.5) is 5.82 Å². The smallest absolute Gasteiger partial charge is 0.247 e. The quantitative estimate of drug-likeness (QED) is 0.840. The van der Waals surface area contributed by atoms with E-state index in [4.69, 9.17) is 0 Å². The van der Waals surface area contributed by atoms with Gasteiger partial charge in [0, 0.05) is 12.1 Å². The Morgan fingerprint density at radius 2 is 1.74 bits per heavy atom. The van der Waals surface area contributed by atoms with Crippen molar-refractivity contribution >= 4 is 17.8 Å². The monoisotopic (exact) mass is 253 g/mol. The zero-order valence-electron chi connectivity index (χ0n) is 11.1.